The summed E-state index contributed by atoms with van der Waals surface area (Å²) in [4.78, 5) is 35.9. The molecule has 0 amide bonds. The predicted octanol–water partition coefficient (Wildman–Crippen LogP) is 6.97. The van der Waals surface area contributed by atoms with Crippen LogP contribution in [0.1, 0.15) is 52.7 Å². The Kier molecular flexibility index (Phi) is 12.6. The lowest BCUT2D eigenvalue weighted by atomic mass is 9.91. The van der Waals surface area contributed by atoms with Crippen LogP contribution in [0.2, 0.25) is 0 Å². The van der Waals surface area contributed by atoms with Crippen LogP contribution in [0, 0.1) is 18.8 Å². The van der Waals surface area contributed by atoms with Crippen molar-refractivity contribution >= 4 is 48.0 Å². The van der Waals surface area contributed by atoms with Crippen molar-refractivity contribution in [1.29, 1.82) is 0 Å². The van der Waals surface area contributed by atoms with Crippen LogP contribution < -0.4 is 11.3 Å². The summed E-state index contributed by atoms with van der Waals surface area (Å²) in [7, 11) is -6.62. The van der Waals surface area contributed by atoms with Crippen LogP contribution in [0.4, 0.5) is 0 Å². The topological polar surface area (TPSA) is 161 Å². The zero-order valence-electron chi connectivity index (χ0n) is 32.9. The predicted molar refractivity (Wildman–Crippen MR) is 224 cm³/mol. The van der Waals surface area contributed by atoms with E-state index in [2.05, 4.69) is 24.3 Å². The molecule has 8 rings (SSSR count). The second-order valence-electron chi connectivity index (χ2n) is 15.2. The van der Waals surface area contributed by atoms with Crippen LogP contribution in [0.5, 0.6) is 0 Å². The fraction of sp³-hybridized carbons (Fsp3) is 0.311. The summed E-state index contributed by atoms with van der Waals surface area (Å²) in [6.07, 6.45) is 4.87. The normalized spacial score (nSPS) is 16.1. The van der Waals surface area contributed by atoms with Crippen molar-refractivity contribution in [3.63, 3.8) is 0 Å². The lowest BCUT2D eigenvalue weighted by Crippen LogP contribution is -2.40. The maximum atomic E-state index is 13.2. The number of benzene rings is 4. The minimum atomic E-state index is -4.01. The lowest BCUT2D eigenvalue weighted by molar-refractivity contribution is 0.0601. The van der Waals surface area contributed by atoms with Gasteiger partial charge in [0.05, 0.1) is 12.7 Å². The van der Waals surface area contributed by atoms with Gasteiger partial charge in [-0.15, -0.1) is 0 Å². The zero-order valence-corrected chi connectivity index (χ0v) is 34.5. The zero-order chi connectivity index (χ0) is 41.7. The third-order valence-electron chi connectivity index (χ3n) is 11.1. The van der Waals surface area contributed by atoms with Gasteiger partial charge in [-0.3, -0.25) is 0 Å². The summed E-state index contributed by atoms with van der Waals surface area (Å²) in [5.41, 5.74) is 2.62. The van der Waals surface area contributed by atoms with Crippen molar-refractivity contribution in [3.8, 4) is 0 Å². The van der Waals surface area contributed by atoms with Crippen molar-refractivity contribution < 1.29 is 35.2 Å². The highest BCUT2D eigenvalue weighted by molar-refractivity contribution is 7.89. The van der Waals surface area contributed by atoms with Gasteiger partial charge in [0.1, 0.15) is 11.2 Å². The molecule has 14 heteroatoms. The molecular formula is C45H46N2O10S2. The van der Waals surface area contributed by atoms with Crippen molar-refractivity contribution in [2.24, 2.45) is 11.8 Å². The van der Waals surface area contributed by atoms with E-state index in [4.69, 9.17) is 13.6 Å². The van der Waals surface area contributed by atoms with Gasteiger partial charge < -0.3 is 13.6 Å². The molecule has 0 bridgehead atoms. The van der Waals surface area contributed by atoms with Gasteiger partial charge in [0.25, 0.3) is 0 Å². The molecule has 2 aliphatic heterocycles. The number of rotatable bonds is 9. The van der Waals surface area contributed by atoms with Crippen LogP contribution in [0.3, 0.4) is 0 Å². The summed E-state index contributed by atoms with van der Waals surface area (Å²) in [6.45, 7) is 3.45. The molecule has 0 N–H and O–H groups in total. The molecule has 2 saturated heterocycles. The Morgan fingerprint density at radius 2 is 1.03 bits per heavy atom. The highest BCUT2D eigenvalue weighted by atomic mass is 32.2. The number of piperidine rings is 2. The Morgan fingerprint density at radius 3 is 1.47 bits per heavy atom. The molecule has 2 fully saturated rings. The first-order valence-electron chi connectivity index (χ1n) is 19.6. The highest BCUT2D eigenvalue weighted by Gasteiger charge is 2.34. The third kappa shape index (κ3) is 9.57. The van der Waals surface area contributed by atoms with Gasteiger partial charge in [0, 0.05) is 37.0 Å². The van der Waals surface area contributed by atoms with Gasteiger partial charge in [-0.25, -0.2) is 31.2 Å². The molecule has 59 heavy (non-hydrogen) atoms. The van der Waals surface area contributed by atoms with E-state index >= 15 is 0 Å². The molecular weight excluding hydrogens is 793 g/mol. The van der Waals surface area contributed by atoms with Gasteiger partial charge in [0.15, 0.2) is 9.79 Å². The Hall–Kier alpha value is -5.41. The number of carbonyl (C=O) groups excluding carboxylic acids is 1. The van der Waals surface area contributed by atoms with Gasteiger partial charge in [0.2, 0.25) is 20.0 Å². The molecule has 0 spiro atoms. The van der Waals surface area contributed by atoms with Gasteiger partial charge >= 0.3 is 17.2 Å². The van der Waals surface area contributed by atoms with Crippen LogP contribution in [0.15, 0.2) is 137 Å². The molecule has 0 saturated carbocycles. The molecule has 0 aliphatic carbocycles. The third-order valence-corrected chi connectivity index (χ3v) is 14.9. The molecule has 2 aromatic heterocycles. The van der Waals surface area contributed by atoms with Crippen LogP contribution in [-0.2, 0) is 37.6 Å². The number of ether oxygens (including phenoxy) is 1. The number of fused-ring (bicyclic) bond motifs is 2. The van der Waals surface area contributed by atoms with Crippen molar-refractivity contribution in [1.82, 2.24) is 8.61 Å². The van der Waals surface area contributed by atoms with E-state index in [9.17, 15) is 31.2 Å². The monoisotopic (exact) mass is 838 g/mol. The smallest absolute Gasteiger partial charge is 0.356 e. The maximum Gasteiger partial charge on any atom is 0.356 e. The summed E-state index contributed by atoms with van der Waals surface area (Å²) in [6, 6.07) is 32.8. The fourth-order valence-electron chi connectivity index (χ4n) is 7.81. The number of methoxy groups -OCH3 is 1. The van der Waals surface area contributed by atoms with E-state index in [0.29, 0.717) is 54.4 Å². The number of nitrogens with zero attached hydrogens (tertiary/aromatic N) is 2. The van der Waals surface area contributed by atoms with Crippen LogP contribution >= 0.6 is 0 Å². The standard InChI is InChI=1S/C23H23NO6S.C22H23NO4S/c1-29-22(25)18-7-8-20-19(14-18)15-21(23(26)30-20)31(27,28)24-11-9-17(10-12-24)13-16-5-3-2-4-6-16;1-16-7-8-20-19(13-16)15-21(22(24)27-20)28(25,26)23-11-9-18(10-12-23)14-17-5-3-2-4-6-17/h2-8,14-15,17H,9-13H2,1H3;2-8,13,15,18H,9-12,14H2,1H3. The summed E-state index contributed by atoms with van der Waals surface area (Å²) in [5.74, 6) is 0.284. The van der Waals surface area contributed by atoms with Crippen LogP contribution in [-0.4, -0.2) is 64.7 Å². The molecule has 0 atom stereocenters. The quantitative estimate of drug-likeness (QED) is 0.110. The Balaban J connectivity index is 0.000000180. The molecule has 0 radical (unpaired) electrons. The number of sulfonamides is 2. The first kappa shape index (κ1) is 41.7. The molecule has 4 heterocycles. The van der Waals surface area contributed by atoms with E-state index in [1.54, 1.807) is 6.07 Å². The number of aryl methyl sites for hydroxylation is 1. The second-order valence-corrected chi connectivity index (χ2v) is 19.0. The van der Waals surface area contributed by atoms with E-state index in [0.717, 1.165) is 44.1 Å². The van der Waals surface area contributed by atoms with Gasteiger partial charge in [-0.05, 0) is 111 Å². The fourth-order valence-corrected chi connectivity index (χ4v) is 10.8. The van der Waals surface area contributed by atoms with Crippen molar-refractivity contribution in [3.05, 3.63) is 152 Å². The Morgan fingerprint density at radius 1 is 0.610 bits per heavy atom. The largest absolute Gasteiger partial charge is 0.465 e. The molecule has 0 unspecified atom stereocenters. The number of esters is 1. The van der Waals surface area contributed by atoms with Crippen molar-refractivity contribution in [2.45, 2.75) is 55.2 Å². The van der Waals surface area contributed by atoms with E-state index in [1.165, 1.54) is 57.2 Å². The second kappa shape index (κ2) is 17.8. The lowest BCUT2D eigenvalue weighted by Gasteiger charge is -2.31. The van der Waals surface area contributed by atoms with Crippen molar-refractivity contribution in [2.75, 3.05) is 33.3 Å². The summed E-state index contributed by atoms with van der Waals surface area (Å²) in [5, 5.41) is 0.970. The molecule has 6 aromatic rings. The number of carbonyl (C=O) groups is 1. The van der Waals surface area contributed by atoms with E-state index in [-0.39, 0.29) is 16.0 Å². The average Bonchev–Trinajstić information content (AvgIpc) is 3.24. The SMILES string of the molecule is COC(=O)c1ccc2oc(=O)c(S(=O)(=O)N3CCC(Cc4ccccc4)CC3)cc2c1.Cc1ccc2oc(=O)c(S(=O)(=O)N3CCC(Cc4ccccc4)CC3)cc2c1. The minimum absolute atomic E-state index is 0.207. The van der Waals surface area contributed by atoms with Crippen LogP contribution in [0.25, 0.3) is 21.9 Å². The Labute approximate surface area is 343 Å². The minimum Gasteiger partial charge on any atom is -0.465 e. The number of hydrogen-bond acceptors (Lipinski definition) is 10. The summed E-state index contributed by atoms with van der Waals surface area (Å²) < 4.78 is 70.4. The number of hydrogen-bond donors (Lipinski definition) is 0. The average molecular weight is 839 g/mol. The molecule has 2 aliphatic rings. The molecule has 12 nitrogen and oxygen atoms in total. The highest BCUT2D eigenvalue weighted by Crippen LogP contribution is 2.29. The summed E-state index contributed by atoms with van der Waals surface area (Å²) >= 11 is 0. The molecule has 4 aromatic carbocycles. The van der Waals surface area contributed by atoms with Gasteiger partial charge in [-0.1, -0.05) is 72.3 Å². The first-order valence-corrected chi connectivity index (χ1v) is 22.5. The van der Waals surface area contributed by atoms with E-state index in [1.807, 2.05) is 55.5 Å². The first-order chi connectivity index (χ1) is 28.3. The van der Waals surface area contributed by atoms with Gasteiger partial charge in [-0.2, -0.15) is 8.61 Å². The van der Waals surface area contributed by atoms with E-state index < -0.39 is 42.2 Å². The molecule has 308 valence electrons. The maximum absolute atomic E-state index is 13.2. The Bertz CT molecular complexity index is 2790.